The Kier molecular flexibility index (Phi) is 5.55. The monoisotopic (exact) mass is 279 g/mol. The number of rotatable bonds is 6. The van der Waals surface area contributed by atoms with E-state index in [1.165, 1.54) is 0 Å². The second kappa shape index (κ2) is 6.49. The molecule has 1 aliphatic rings. The highest BCUT2D eigenvalue weighted by Crippen LogP contribution is 2.15. The van der Waals surface area contributed by atoms with Gasteiger partial charge in [0.1, 0.15) is 6.04 Å². The van der Waals surface area contributed by atoms with Gasteiger partial charge in [0.2, 0.25) is 10.0 Å². The van der Waals surface area contributed by atoms with Gasteiger partial charge in [0.05, 0.1) is 11.9 Å². The minimum absolute atomic E-state index is 0.108. The van der Waals surface area contributed by atoms with E-state index in [4.69, 9.17) is 9.84 Å². The van der Waals surface area contributed by atoms with E-state index in [-0.39, 0.29) is 18.9 Å². The first-order valence-corrected chi connectivity index (χ1v) is 7.69. The molecule has 106 valence electrons. The highest BCUT2D eigenvalue weighted by Gasteiger charge is 2.32. The molecule has 6 nitrogen and oxygen atoms in total. The van der Waals surface area contributed by atoms with Gasteiger partial charge in [0.25, 0.3) is 0 Å². The smallest absolute Gasteiger partial charge is 0.321 e. The third-order valence-corrected chi connectivity index (χ3v) is 4.73. The standard InChI is InChI=1S/C11H21NO5S/c1-8(2)6-10(11(13)14)12-18(15,16)9-4-3-5-17-7-9/h8-10,12H,3-7H2,1-2H3,(H,13,14)/t9?,10-/m0/s1. The topological polar surface area (TPSA) is 92.7 Å². The predicted molar refractivity (Wildman–Crippen MR) is 66.8 cm³/mol. The molecule has 18 heavy (non-hydrogen) atoms. The summed E-state index contributed by atoms with van der Waals surface area (Å²) in [6.45, 7) is 4.42. The average molecular weight is 279 g/mol. The molecule has 1 heterocycles. The van der Waals surface area contributed by atoms with Crippen molar-refractivity contribution < 1.29 is 23.1 Å². The van der Waals surface area contributed by atoms with Gasteiger partial charge in [0.15, 0.2) is 0 Å². The van der Waals surface area contributed by atoms with Crippen LogP contribution in [0.2, 0.25) is 0 Å². The van der Waals surface area contributed by atoms with Crippen molar-refractivity contribution in [2.45, 2.75) is 44.4 Å². The van der Waals surface area contributed by atoms with Gasteiger partial charge in [-0.1, -0.05) is 13.8 Å². The number of ether oxygens (including phenoxy) is 1. The summed E-state index contributed by atoms with van der Waals surface area (Å²) in [6, 6.07) is -1.06. The second-order valence-corrected chi connectivity index (χ2v) is 7.01. The first kappa shape index (κ1) is 15.4. The normalized spacial score (nSPS) is 22.9. The van der Waals surface area contributed by atoms with Crippen molar-refractivity contribution in [2.75, 3.05) is 13.2 Å². The fourth-order valence-corrected chi connectivity index (χ4v) is 3.46. The molecule has 0 aromatic heterocycles. The Bertz CT molecular complexity index is 373. The van der Waals surface area contributed by atoms with Crippen LogP contribution in [0, 0.1) is 5.92 Å². The van der Waals surface area contributed by atoms with Crippen LogP contribution in [0.3, 0.4) is 0 Å². The van der Waals surface area contributed by atoms with Gasteiger partial charge in [-0.25, -0.2) is 13.1 Å². The number of carboxylic acid groups (broad SMARTS) is 1. The molecule has 0 radical (unpaired) electrons. The summed E-state index contributed by atoms with van der Waals surface area (Å²) in [5.74, 6) is -1.03. The molecule has 0 aromatic rings. The minimum atomic E-state index is -3.63. The maximum absolute atomic E-state index is 12.0. The number of aliphatic carboxylic acids is 1. The molecule has 1 unspecified atom stereocenters. The van der Waals surface area contributed by atoms with Crippen molar-refractivity contribution in [3.8, 4) is 0 Å². The number of hydrogen-bond donors (Lipinski definition) is 2. The summed E-state index contributed by atoms with van der Waals surface area (Å²) in [6.07, 6.45) is 1.49. The quantitative estimate of drug-likeness (QED) is 0.742. The van der Waals surface area contributed by atoms with Crippen LogP contribution in [0.15, 0.2) is 0 Å². The van der Waals surface area contributed by atoms with Crippen molar-refractivity contribution in [1.29, 1.82) is 0 Å². The van der Waals surface area contributed by atoms with E-state index < -0.39 is 27.3 Å². The van der Waals surface area contributed by atoms with Gasteiger partial charge < -0.3 is 9.84 Å². The molecule has 7 heteroatoms. The largest absolute Gasteiger partial charge is 0.480 e. The Morgan fingerprint density at radius 3 is 2.61 bits per heavy atom. The van der Waals surface area contributed by atoms with Crippen LogP contribution in [0.5, 0.6) is 0 Å². The lowest BCUT2D eigenvalue weighted by molar-refractivity contribution is -0.139. The van der Waals surface area contributed by atoms with Gasteiger partial charge in [-0.15, -0.1) is 0 Å². The van der Waals surface area contributed by atoms with Gasteiger partial charge in [0, 0.05) is 6.61 Å². The number of sulfonamides is 1. The van der Waals surface area contributed by atoms with Crippen molar-refractivity contribution >= 4 is 16.0 Å². The summed E-state index contributed by atoms with van der Waals surface area (Å²) < 4.78 is 31.5. The number of carboxylic acids is 1. The van der Waals surface area contributed by atoms with E-state index in [1.54, 1.807) is 0 Å². The van der Waals surface area contributed by atoms with Crippen LogP contribution in [0.4, 0.5) is 0 Å². The lowest BCUT2D eigenvalue weighted by Gasteiger charge is -2.25. The zero-order valence-corrected chi connectivity index (χ0v) is 11.6. The van der Waals surface area contributed by atoms with Gasteiger partial charge >= 0.3 is 5.97 Å². The fourth-order valence-electron chi connectivity index (χ4n) is 1.92. The van der Waals surface area contributed by atoms with Crippen LogP contribution in [-0.2, 0) is 19.6 Å². The SMILES string of the molecule is CC(C)C[C@H](NS(=O)(=O)C1CCCOC1)C(=O)O. The van der Waals surface area contributed by atoms with Crippen LogP contribution in [0.25, 0.3) is 0 Å². The average Bonchev–Trinajstić information content (AvgIpc) is 2.28. The van der Waals surface area contributed by atoms with E-state index in [0.717, 1.165) is 0 Å². The van der Waals surface area contributed by atoms with Crippen LogP contribution >= 0.6 is 0 Å². The van der Waals surface area contributed by atoms with E-state index in [0.29, 0.717) is 19.4 Å². The maximum atomic E-state index is 12.0. The van der Waals surface area contributed by atoms with Crippen molar-refractivity contribution in [1.82, 2.24) is 4.72 Å². The van der Waals surface area contributed by atoms with Crippen LogP contribution < -0.4 is 4.72 Å². The summed E-state index contributed by atoms with van der Waals surface area (Å²) in [5.41, 5.74) is 0. The molecular weight excluding hydrogens is 258 g/mol. The van der Waals surface area contributed by atoms with Crippen molar-refractivity contribution in [3.63, 3.8) is 0 Å². The van der Waals surface area contributed by atoms with Gasteiger partial charge in [-0.2, -0.15) is 0 Å². The highest BCUT2D eigenvalue weighted by molar-refractivity contribution is 7.90. The highest BCUT2D eigenvalue weighted by atomic mass is 32.2. The lowest BCUT2D eigenvalue weighted by atomic mass is 10.1. The van der Waals surface area contributed by atoms with Crippen molar-refractivity contribution in [2.24, 2.45) is 5.92 Å². The first-order valence-electron chi connectivity index (χ1n) is 6.14. The van der Waals surface area contributed by atoms with Crippen LogP contribution in [0.1, 0.15) is 33.1 Å². The molecule has 0 saturated carbocycles. The second-order valence-electron chi connectivity index (χ2n) is 5.02. The number of nitrogens with one attached hydrogen (secondary N) is 1. The molecule has 1 rings (SSSR count). The molecule has 0 bridgehead atoms. The molecule has 0 amide bonds. The number of carbonyl (C=O) groups is 1. The molecule has 1 saturated heterocycles. The summed E-state index contributed by atoms with van der Waals surface area (Å²) in [7, 11) is -3.63. The molecule has 2 atom stereocenters. The lowest BCUT2D eigenvalue weighted by Crippen LogP contribution is -2.47. The summed E-state index contributed by atoms with van der Waals surface area (Å²) in [5, 5.41) is 8.39. The molecular formula is C11H21NO5S. The van der Waals surface area contributed by atoms with Crippen LogP contribution in [-0.4, -0.2) is 44.0 Å². The van der Waals surface area contributed by atoms with E-state index in [1.807, 2.05) is 13.8 Å². The Balaban J connectivity index is 2.68. The molecule has 2 N–H and O–H groups in total. The molecule has 0 spiro atoms. The Hall–Kier alpha value is -0.660. The van der Waals surface area contributed by atoms with E-state index >= 15 is 0 Å². The molecule has 0 aromatic carbocycles. The fraction of sp³-hybridized carbons (Fsp3) is 0.909. The first-order chi connectivity index (χ1) is 8.33. The Morgan fingerprint density at radius 1 is 1.50 bits per heavy atom. The zero-order valence-electron chi connectivity index (χ0n) is 10.8. The predicted octanol–water partition coefficient (Wildman–Crippen LogP) is 0.584. The van der Waals surface area contributed by atoms with E-state index in [2.05, 4.69) is 4.72 Å². The number of hydrogen-bond acceptors (Lipinski definition) is 4. The summed E-state index contributed by atoms with van der Waals surface area (Å²) >= 11 is 0. The third kappa shape index (κ3) is 4.55. The van der Waals surface area contributed by atoms with E-state index in [9.17, 15) is 13.2 Å². The maximum Gasteiger partial charge on any atom is 0.321 e. The summed E-state index contributed by atoms with van der Waals surface area (Å²) in [4.78, 5) is 11.0. The molecule has 0 aliphatic carbocycles. The zero-order chi connectivity index (χ0) is 13.8. The molecule has 1 aliphatic heterocycles. The van der Waals surface area contributed by atoms with Gasteiger partial charge in [-0.3, -0.25) is 4.79 Å². The Morgan fingerprint density at radius 2 is 2.17 bits per heavy atom. The van der Waals surface area contributed by atoms with Gasteiger partial charge in [-0.05, 0) is 25.2 Å². The minimum Gasteiger partial charge on any atom is -0.480 e. The Labute approximate surface area is 108 Å². The van der Waals surface area contributed by atoms with Crippen molar-refractivity contribution in [3.05, 3.63) is 0 Å². The third-order valence-electron chi connectivity index (χ3n) is 2.87. The molecule has 1 fully saturated rings.